The monoisotopic (exact) mass is 264 g/mol. The third-order valence-electron chi connectivity index (χ3n) is 2.45. The van der Waals surface area contributed by atoms with E-state index in [2.05, 4.69) is 20.5 Å². The molecule has 1 unspecified atom stereocenters. The molecular weight excluding hydrogens is 252 g/mol. The molecule has 1 amide bonds. The molecule has 0 aliphatic rings. The Bertz CT molecular complexity index is 486. The van der Waals surface area contributed by atoms with Crippen molar-refractivity contribution in [3.8, 4) is 0 Å². The molecule has 5 nitrogen and oxygen atoms in total. The van der Waals surface area contributed by atoms with Gasteiger partial charge < -0.3 is 5.32 Å². The van der Waals surface area contributed by atoms with Gasteiger partial charge in [-0.1, -0.05) is 30.3 Å². The first-order valence-electron chi connectivity index (χ1n) is 5.58. The maximum Gasteiger partial charge on any atom is 0.242 e. The van der Waals surface area contributed by atoms with E-state index in [0.717, 1.165) is 11.4 Å². The summed E-state index contributed by atoms with van der Waals surface area (Å²) in [4.78, 5) is 15.7. The first-order valence-corrected chi connectivity index (χ1v) is 6.02. The summed E-state index contributed by atoms with van der Waals surface area (Å²) in [6, 6.07) is 9.25. The summed E-state index contributed by atoms with van der Waals surface area (Å²) >= 11 is 6.07. The molecule has 0 aliphatic heterocycles. The lowest BCUT2D eigenvalue weighted by molar-refractivity contribution is -0.120. The summed E-state index contributed by atoms with van der Waals surface area (Å²) in [6.45, 7) is 0.476. The summed E-state index contributed by atoms with van der Waals surface area (Å²) in [5, 5.41) is 8.55. The zero-order valence-electron chi connectivity index (χ0n) is 9.64. The van der Waals surface area contributed by atoms with Crippen LogP contribution in [0.1, 0.15) is 16.8 Å². The van der Waals surface area contributed by atoms with E-state index in [1.807, 2.05) is 30.3 Å². The zero-order valence-corrected chi connectivity index (χ0v) is 10.4. The average molecular weight is 265 g/mol. The molecule has 2 rings (SSSR count). The standard InChI is InChI=1S/C12H13ClN4O/c13-11(9-4-2-1-3-5-9)12(18)14-7-6-10-15-8-16-17-10/h1-5,8,11H,6-7H2,(H,14,18)(H,15,16,17). The Balaban J connectivity index is 1.81. The van der Waals surface area contributed by atoms with Gasteiger partial charge in [0.15, 0.2) is 0 Å². The predicted molar refractivity (Wildman–Crippen MR) is 68.1 cm³/mol. The second-order valence-electron chi connectivity index (χ2n) is 3.75. The molecule has 1 aromatic carbocycles. The number of nitrogens with zero attached hydrogens (tertiary/aromatic N) is 2. The van der Waals surface area contributed by atoms with Crippen LogP contribution in [0.15, 0.2) is 36.7 Å². The lowest BCUT2D eigenvalue weighted by Gasteiger charge is -2.10. The molecule has 1 aromatic heterocycles. The van der Waals surface area contributed by atoms with Gasteiger partial charge in [0.25, 0.3) is 0 Å². The topological polar surface area (TPSA) is 70.7 Å². The van der Waals surface area contributed by atoms with Gasteiger partial charge in [0.05, 0.1) is 0 Å². The summed E-state index contributed by atoms with van der Waals surface area (Å²) < 4.78 is 0. The van der Waals surface area contributed by atoms with Gasteiger partial charge in [0, 0.05) is 13.0 Å². The molecule has 0 fully saturated rings. The van der Waals surface area contributed by atoms with Gasteiger partial charge in [-0.05, 0) is 5.56 Å². The number of amides is 1. The maximum atomic E-state index is 11.8. The Kier molecular flexibility index (Phi) is 4.30. The van der Waals surface area contributed by atoms with Crippen LogP contribution in [0, 0.1) is 0 Å². The van der Waals surface area contributed by atoms with Gasteiger partial charge in [0.1, 0.15) is 17.5 Å². The van der Waals surface area contributed by atoms with Gasteiger partial charge in [-0.3, -0.25) is 9.89 Å². The van der Waals surface area contributed by atoms with E-state index in [4.69, 9.17) is 11.6 Å². The van der Waals surface area contributed by atoms with E-state index in [1.165, 1.54) is 6.33 Å². The highest BCUT2D eigenvalue weighted by molar-refractivity contribution is 6.30. The fraction of sp³-hybridized carbons (Fsp3) is 0.250. The lowest BCUT2D eigenvalue weighted by atomic mass is 10.1. The molecule has 0 radical (unpaired) electrons. The molecule has 0 saturated heterocycles. The molecule has 0 bridgehead atoms. The smallest absolute Gasteiger partial charge is 0.242 e. The van der Waals surface area contributed by atoms with Crippen molar-refractivity contribution < 1.29 is 4.79 Å². The van der Waals surface area contributed by atoms with Crippen molar-refractivity contribution in [1.29, 1.82) is 0 Å². The van der Waals surface area contributed by atoms with Crippen LogP contribution in [0.5, 0.6) is 0 Å². The molecule has 2 aromatic rings. The number of rotatable bonds is 5. The minimum atomic E-state index is -0.666. The number of hydrogen-bond acceptors (Lipinski definition) is 3. The number of nitrogens with one attached hydrogen (secondary N) is 2. The fourth-order valence-corrected chi connectivity index (χ4v) is 1.74. The SMILES string of the molecule is O=C(NCCc1ncn[nH]1)C(Cl)c1ccccc1. The first kappa shape index (κ1) is 12.6. The summed E-state index contributed by atoms with van der Waals surface area (Å²) in [7, 11) is 0. The number of aromatic nitrogens is 3. The highest BCUT2D eigenvalue weighted by Crippen LogP contribution is 2.19. The Labute approximate surface area is 110 Å². The maximum absolute atomic E-state index is 11.8. The van der Waals surface area contributed by atoms with Crippen molar-refractivity contribution in [3.63, 3.8) is 0 Å². The first-order chi connectivity index (χ1) is 8.77. The van der Waals surface area contributed by atoms with Gasteiger partial charge in [-0.15, -0.1) is 11.6 Å². The van der Waals surface area contributed by atoms with Crippen LogP contribution in [-0.2, 0) is 11.2 Å². The third-order valence-corrected chi connectivity index (χ3v) is 2.90. The summed E-state index contributed by atoms with van der Waals surface area (Å²) in [5.74, 6) is 0.531. The van der Waals surface area contributed by atoms with E-state index in [0.29, 0.717) is 13.0 Å². The minimum Gasteiger partial charge on any atom is -0.354 e. The zero-order chi connectivity index (χ0) is 12.8. The van der Waals surface area contributed by atoms with Crippen molar-refractivity contribution in [2.45, 2.75) is 11.8 Å². The molecule has 6 heteroatoms. The Morgan fingerprint density at radius 1 is 1.39 bits per heavy atom. The molecule has 94 valence electrons. The van der Waals surface area contributed by atoms with E-state index in [-0.39, 0.29) is 5.91 Å². The number of H-pyrrole nitrogens is 1. The largest absolute Gasteiger partial charge is 0.354 e. The van der Waals surface area contributed by atoms with E-state index in [1.54, 1.807) is 0 Å². The molecule has 18 heavy (non-hydrogen) atoms. The van der Waals surface area contributed by atoms with Gasteiger partial charge in [0.2, 0.25) is 5.91 Å². The lowest BCUT2D eigenvalue weighted by Crippen LogP contribution is -2.29. The van der Waals surface area contributed by atoms with Crippen LogP contribution >= 0.6 is 11.6 Å². The van der Waals surface area contributed by atoms with Crippen LogP contribution in [0.4, 0.5) is 0 Å². The Hall–Kier alpha value is -1.88. The fourth-order valence-electron chi connectivity index (χ4n) is 1.52. The number of alkyl halides is 1. The highest BCUT2D eigenvalue weighted by atomic mass is 35.5. The normalized spacial score (nSPS) is 12.1. The molecule has 2 N–H and O–H groups in total. The molecule has 0 saturated carbocycles. The van der Waals surface area contributed by atoms with Crippen molar-refractivity contribution in [3.05, 3.63) is 48.0 Å². The van der Waals surface area contributed by atoms with Crippen LogP contribution in [-0.4, -0.2) is 27.6 Å². The highest BCUT2D eigenvalue weighted by Gasteiger charge is 2.16. The summed E-state index contributed by atoms with van der Waals surface area (Å²) in [6.07, 6.45) is 2.04. The number of carbonyl (C=O) groups excluding carboxylic acids is 1. The van der Waals surface area contributed by atoms with Gasteiger partial charge in [-0.25, -0.2) is 4.98 Å². The Morgan fingerprint density at radius 3 is 2.83 bits per heavy atom. The van der Waals surface area contributed by atoms with E-state index in [9.17, 15) is 4.79 Å². The molecule has 0 spiro atoms. The Morgan fingerprint density at radius 2 is 2.17 bits per heavy atom. The van der Waals surface area contributed by atoms with Crippen molar-refractivity contribution >= 4 is 17.5 Å². The number of aromatic amines is 1. The predicted octanol–water partition coefficient (Wildman–Crippen LogP) is 1.44. The van der Waals surface area contributed by atoms with Gasteiger partial charge in [-0.2, -0.15) is 5.10 Å². The number of halogens is 1. The molecule has 1 heterocycles. The van der Waals surface area contributed by atoms with E-state index < -0.39 is 5.38 Å². The van der Waals surface area contributed by atoms with Gasteiger partial charge >= 0.3 is 0 Å². The third kappa shape index (κ3) is 3.30. The van der Waals surface area contributed by atoms with Crippen molar-refractivity contribution in [1.82, 2.24) is 20.5 Å². The second-order valence-corrected chi connectivity index (χ2v) is 4.18. The number of benzene rings is 1. The van der Waals surface area contributed by atoms with Crippen LogP contribution in [0.25, 0.3) is 0 Å². The second kappa shape index (κ2) is 6.16. The van der Waals surface area contributed by atoms with E-state index >= 15 is 0 Å². The molecule has 1 atom stereocenters. The molecule has 0 aliphatic carbocycles. The summed E-state index contributed by atoms with van der Waals surface area (Å²) in [5.41, 5.74) is 0.788. The van der Waals surface area contributed by atoms with Crippen LogP contribution in [0.3, 0.4) is 0 Å². The van der Waals surface area contributed by atoms with Crippen LogP contribution < -0.4 is 5.32 Å². The number of hydrogen-bond donors (Lipinski definition) is 2. The minimum absolute atomic E-state index is 0.206. The van der Waals surface area contributed by atoms with Crippen molar-refractivity contribution in [2.24, 2.45) is 0 Å². The average Bonchev–Trinajstić information content (AvgIpc) is 2.92. The van der Waals surface area contributed by atoms with Crippen LogP contribution in [0.2, 0.25) is 0 Å². The molecular formula is C12H13ClN4O. The quantitative estimate of drug-likeness (QED) is 0.803. The van der Waals surface area contributed by atoms with Crippen molar-refractivity contribution in [2.75, 3.05) is 6.54 Å². The number of carbonyl (C=O) groups is 1.